The monoisotopic (exact) mass is 430 g/mol. The largest absolute Gasteiger partial charge is 0.489 e. The zero-order chi connectivity index (χ0) is 21.1. The molecular formula is C22H26N2O5S. The summed E-state index contributed by atoms with van der Waals surface area (Å²) in [4.78, 5) is 14.5. The average molecular weight is 431 g/mol. The number of carbonyl (C=O) groups excluding carboxylic acids is 1. The molecule has 1 amide bonds. The van der Waals surface area contributed by atoms with E-state index in [-0.39, 0.29) is 25.3 Å². The maximum absolute atomic E-state index is 12.8. The van der Waals surface area contributed by atoms with E-state index in [0.717, 1.165) is 28.7 Å². The van der Waals surface area contributed by atoms with Crippen molar-refractivity contribution in [3.63, 3.8) is 0 Å². The lowest BCUT2D eigenvalue weighted by Crippen LogP contribution is -2.57. The molecule has 0 radical (unpaired) electrons. The Hall–Kier alpha value is -2.58. The number of nitrogens with zero attached hydrogens (tertiary/aromatic N) is 1. The fourth-order valence-corrected chi connectivity index (χ4v) is 5.08. The van der Waals surface area contributed by atoms with Crippen LogP contribution in [0.2, 0.25) is 0 Å². The van der Waals surface area contributed by atoms with Gasteiger partial charge in [-0.15, -0.1) is 0 Å². The highest BCUT2D eigenvalue weighted by Gasteiger charge is 2.36. The smallest absolute Gasteiger partial charge is 0.410 e. The Kier molecular flexibility index (Phi) is 5.97. The molecule has 1 saturated heterocycles. The molecule has 2 aromatic carbocycles. The van der Waals surface area contributed by atoms with E-state index in [1.165, 1.54) is 0 Å². The van der Waals surface area contributed by atoms with E-state index in [9.17, 15) is 13.2 Å². The normalized spacial score (nSPS) is 22.3. The number of hydrogen-bond donors (Lipinski definition) is 1. The third-order valence-corrected chi connectivity index (χ3v) is 6.25. The minimum atomic E-state index is -3.41. The maximum atomic E-state index is 12.8. The van der Waals surface area contributed by atoms with Gasteiger partial charge in [-0.05, 0) is 36.5 Å². The van der Waals surface area contributed by atoms with Gasteiger partial charge < -0.3 is 14.4 Å². The summed E-state index contributed by atoms with van der Waals surface area (Å²) < 4.78 is 37.9. The summed E-state index contributed by atoms with van der Waals surface area (Å²) in [6, 6.07) is 15.2. The van der Waals surface area contributed by atoms with Gasteiger partial charge in [-0.2, -0.15) is 0 Å². The Labute approximate surface area is 177 Å². The van der Waals surface area contributed by atoms with E-state index in [1.807, 2.05) is 42.5 Å². The molecule has 2 bridgehead atoms. The second-order valence-corrected chi connectivity index (χ2v) is 9.54. The molecule has 30 heavy (non-hydrogen) atoms. The standard InChI is InChI=1S/C22H26N2O5S/c1-30(26,27)23-19-9-5-11-24-20(19)15-16-6-4-7-17(14-16)18-8-2-3-10-21(18)28-12-13-29-22(24)25/h2-4,6-8,10,14,19-20,23H,5,9,11-13,15H2,1H3. The van der Waals surface area contributed by atoms with Crippen molar-refractivity contribution in [2.45, 2.75) is 31.3 Å². The Morgan fingerprint density at radius 3 is 2.70 bits per heavy atom. The van der Waals surface area contributed by atoms with E-state index in [2.05, 4.69) is 10.8 Å². The highest BCUT2D eigenvalue weighted by molar-refractivity contribution is 7.88. The number of benzene rings is 2. The summed E-state index contributed by atoms with van der Waals surface area (Å²) in [5, 5.41) is 0. The van der Waals surface area contributed by atoms with Crippen LogP contribution in [0.3, 0.4) is 0 Å². The molecular weight excluding hydrogens is 404 g/mol. The van der Waals surface area contributed by atoms with Crippen LogP contribution in [0, 0.1) is 0 Å². The first-order chi connectivity index (χ1) is 14.4. The summed E-state index contributed by atoms with van der Waals surface area (Å²) in [6.45, 7) is 0.899. The molecule has 2 heterocycles. The fraction of sp³-hybridized carbons (Fsp3) is 0.409. The van der Waals surface area contributed by atoms with Crippen LogP contribution in [0.25, 0.3) is 11.1 Å². The quantitative estimate of drug-likeness (QED) is 0.792. The first kappa shape index (κ1) is 20.7. The topological polar surface area (TPSA) is 84.9 Å². The van der Waals surface area contributed by atoms with Gasteiger partial charge in [0.1, 0.15) is 19.0 Å². The van der Waals surface area contributed by atoms with E-state index in [1.54, 1.807) is 4.90 Å². The minimum Gasteiger partial charge on any atom is -0.489 e. The molecule has 0 aromatic heterocycles. The van der Waals surface area contributed by atoms with Crippen LogP contribution in [0.4, 0.5) is 4.79 Å². The van der Waals surface area contributed by atoms with Gasteiger partial charge in [0.15, 0.2) is 0 Å². The first-order valence-electron chi connectivity index (χ1n) is 10.1. The number of para-hydroxylation sites is 1. The lowest BCUT2D eigenvalue weighted by Gasteiger charge is -2.40. The summed E-state index contributed by atoms with van der Waals surface area (Å²) >= 11 is 0. The van der Waals surface area contributed by atoms with Crippen molar-refractivity contribution in [2.24, 2.45) is 0 Å². The second kappa shape index (κ2) is 8.65. The number of amides is 1. The van der Waals surface area contributed by atoms with Crippen LogP contribution in [-0.2, 0) is 21.2 Å². The molecule has 2 unspecified atom stereocenters. The molecule has 8 heteroatoms. The van der Waals surface area contributed by atoms with Gasteiger partial charge in [-0.25, -0.2) is 17.9 Å². The number of nitrogens with one attached hydrogen (secondary N) is 1. The third-order valence-electron chi connectivity index (χ3n) is 5.52. The lowest BCUT2D eigenvalue weighted by atomic mass is 9.90. The fourth-order valence-electron chi connectivity index (χ4n) is 4.25. The lowest BCUT2D eigenvalue weighted by molar-refractivity contribution is 0.0562. The molecule has 0 spiro atoms. The molecule has 1 fully saturated rings. The summed E-state index contributed by atoms with van der Waals surface area (Å²) in [5.41, 5.74) is 3.01. The van der Waals surface area contributed by atoms with E-state index in [4.69, 9.17) is 9.47 Å². The zero-order valence-electron chi connectivity index (χ0n) is 16.9. The van der Waals surface area contributed by atoms with Crippen LogP contribution in [0.5, 0.6) is 5.75 Å². The average Bonchev–Trinajstić information content (AvgIpc) is 2.72. The molecule has 1 N–H and O–H groups in total. The number of ether oxygens (including phenoxy) is 2. The van der Waals surface area contributed by atoms with Crippen molar-refractivity contribution in [3.05, 3.63) is 54.1 Å². The van der Waals surface area contributed by atoms with Gasteiger partial charge in [0.25, 0.3) is 0 Å². The Bertz CT molecular complexity index is 1020. The van der Waals surface area contributed by atoms with Crippen molar-refractivity contribution in [2.75, 3.05) is 26.0 Å². The second-order valence-electron chi connectivity index (χ2n) is 7.76. The zero-order valence-corrected chi connectivity index (χ0v) is 17.7. The van der Waals surface area contributed by atoms with Crippen molar-refractivity contribution in [3.8, 4) is 16.9 Å². The predicted molar refractivity (Wildman–Crippen MR) is 114 cm³/mol. The Morgan fingerprint density at radius 1 is 1.07 bits per heavy atom. The first-order valence-corrected chi connectivity index (χ1v) is 12.0. The van der Waals surface area contributed by atoms with Crippen LogP contribution in [-0.4, -0.2) is 57.5 Å². The summed E-state index contributed by atoms with van der Waals surface area (Å²) in [6.07, 6.45) is 2.62. The highest BCUT2D eigenvalue weighted by atomic mass is 32.2. The van der Waals surface area contributed by atoms with Crippen molar-refractivity contribution >= 4 is 16.1 Å². The van der Waals surface area contributed by atoms with Gasteiger partial charge >= 0.3 is 6.09 Å². The predicted octanol–water partition coefficient (Wildman–Crippen LogP) is 2.81. The number of cyclic esters (lactones) is 1. The molecule has 4 rings (SSSR count). The number of carbonyl (C=O) groups is 1. The summed E-state index contributed by atoms with van der Waals surface area (Å²) in [5.74, 6) is 0.735. The van der Waals surface area contributed by atoms with Crippen LogP contribution in [0.15, 0.2) is 48.5 Å². The molecule has 2 aliphatic rings. The Balaban J connectivity index is 1.73. The maximum Gasteiger partial charge on any atom is 0.410 e. The molecule has 2 aliphatic heterocycles. The van der Waals surface area contributed by atoms with Gasteiger partial charge in [-0.3, -0.25) is 0 Å². The van der Waals surface area contributed by atoms with Crippen LogP contribution in [0.1, 0.15) is 18.4 Å². The SMILES string of the molecule is CS(=O)(=O)NC1CCCN2C(=O)OCCOc3ccccc3-c3cccc(c3)CC12. The van der Waals surface area contributed by atoms with Gasteiger partial charge in [0, 0.05) is 18.2 Å². The van der Waals surface area contributed by atoms with E-state index >= 15 is 0 Å². The van der Waals surface area contributed by atoms with Gasteiger partial charge in [0.2, 0.25) is 10.0 Å². The molecule has 160 valence electrons. The molecule has 2 atom stereocenters. The Morgan fingerprint density at radius 2 is 1.87 bits per heavy atom. The summed E-state index contributed by atoms with van der Waals surface area (Å²) in [7, 11) is -3.41. The van der Waals surface area contributed by atoms with E-state index < -0.39 is 16.1 Å². The number of piperidine rings is 1. The highest BCUT2D eigenvalue weighted by Crippen LogP contribution is 2.32. The molecule has 2 aromatic rings. The third kappa shape index (κ3) is 4.76. The van der Waals surface area contributed by atoms with Crippen LogP contribution < -0.4 is 9.46 Å². The minimum absolute atomic E-state index is 0.123. The molecule has 7 nitrogen and oxygen atoms in total. The molecule has 0 aliphatic carbocycles. The van der Waals surface area contributed by atoms with Gasteiger partial charge in [-0.1, -0.05) is 42.5 Å². The van der Waals surface area contributed by atoms with Gasteiger partial charge in [0.05, 0.1) is 12.3 Å². The van der Waals surface area contributed by atoms with Crippen molar-refractivity contribution in [1.29, 1.82) is 0 Å². The number of sulfonamides is 1. The van der Waals surface area contributed by atoms with Crippen LogP contribution >= 0.6 is 0 Å². The van der Waals surface area contributed by atoms with E-state index in [0.29, 0.717) is 25.8 Å². The van der Waals surface area contributed by atoms with Crippen molar-refractivity contribution < 1.29 is 22.7 Å². The number of hydrogen-bond acceptors (Lipinski definition) is 5. The van der Waals surface area contributed by atoms with Crippen molar-refractivity contribution in [1.82, 2.24) is 9.62 Å². The number of rotatable bonds is 2. The molecule has 0 saturated carbocycles. The number of fused-ring (bicyclic) bond motifs is 5.